The van der Waals surface area contributed by atoms with Gasteiger partial charge in [0.15, 0.2) is 0 Å². The van der Waals surface area contributed by atoms with Crippen LogP contribution in [0.15, 0.2) is 60.7 Å². The Balaban J connectivity index is 1.50. The summed E-state index contributed by atoms with van der Waals surface area (Å²) >= 11 is 0. The number of methoxy groups -OCH3 is 1. The van der Waals surface area contributed by atoms with E-state index in [-0.39, 0.29) is 0 Å². The third-order valence-electron chi connectivity index (χ3n) is 5.75. The molecule has 1 aliphatic carbocycles. The minimum Gasteiger partial charge on any atom is -0.380 e. The summed E-state index contributed by atoms with van der Waals surface area (Å²) in [6.45, 7) is 2.82. The smallest absolute Gasteiger partial charge is 0.0713 e. The van der Waals surface area contributed by atoms with Gasteiger partial charge in [0.2, 0.25) is 0 Å². The average molecular weight is 349 g/mol. The van der Waals surface area contributed by atoms with Gasteiger partial charge in [-0.25, -0.2) is 0 Å². The summed E-state index contributed by atoms with van der Waals surface area (Å²) in [5.74, 6) is 1.76. The minimum atomic E-state index is 0.676. The van der Waals surface area contributed by atoms with E-state index in [1.54, 1.807) is 7.11 Å². The maximum atomic E-state index is 5.18. The van der Waals surface area contributed by atoms with Crippen molar-refractivity contribution in [3.63, 3.8) is 0 Å². The summed E-state index contributed by atoms with van der Waals surface area (Å²) in [5, 5.41) is 0. The summed E-state index contributed by atoms with van der Waals surface area (Å²) in [7, 11) is 1.74. The van der Waals surface area contributed by atoms with Crippen LogP contribution in [0.5, 0.6) is 0 Å². The van der Waals surface area contributed by atoms with Crippen LogP contribution in [0.1, 0.15) is 50.2 Å². The van der Waals surface area contributed by atoms with Crippen molar-refractivity contribution >= 4 is 0 Å². The van der Waals surface area contributed by atoms with E-state index in [0.29, 0.717) is 6.61 Å². The van der Waals surface area contributed by atoms with Gasteiger partial charge >= 0.3 is 0 Å². The van der Waals surface area contributed by atoms with E-state index in [1.165, 1.54) is 60.8 Å². The second-order valence-corrected chi connectivity index (χ2v) is 7.67. The predicted molar refractivity (Wildman–Crippen MR) is 111 cm³/mol. The molecule has 1 heteroatoms. The molecule has 0 aromatic heterocycles. The molecule has 0 atom stereocenters. The van der Waals surface area contributed by atoms with Crippen molar-refractivity contribution in [2.24, 2.45) is 11.8 Å². The number of allylic oxidation sites excluding steroid dienone is 2. The van der Waals surface area contributed by atoms with Crippen LogP contribution in [-0.4, -0.2) is 7.11 Å². The van der Waals surface area contributed by atoms with Crippen LogP contribution < -0.4 is 0 Å². The second-order valence-electron chi connectivity index (χ2n) is 7.67. The molecule has 3 rings (SSSR count). The van der Waals surface area contributed by atoms with E-state index in [4.69, 9.17) is 4.74 Å². The fraction of sp³-hybridized carbons (Fsp3) is 0.440. The molecule has 0 radical (unpaired) electrons. The van der Waals surface area contributed by atoms with Crippen LogP contribution in [0.3, 0.4) is 0 Å². The highest BCUT2D eigenvalue weighted by molar-refractivity contribution is 5.63. The first-order valence-corrected chi connectivity index (χ1v) is 10.1. The van der Waals surface area contributed by atoms with Gasteiger partial charge in [0.1, 0.15) is 0 Å². The van der Waals surface area contributed by atoms with Gasteiger partial charge in [0.25, 0.3) is 0 Å². The van der Waals surface area contributed by atoms with Gasteiger partial charge in [-0.2, -0.15) is 0 Å². The van der Waals surface area contributed by atoms with Gasteiger partial charge in [0.05, 0.1) is 6.61 Å². The SMILES string of the molecule is C/C=C\C1CCC(CCc2ccc(-c3ccc(COC)cc3)cc2)CC1. The summed E-state index contributed by atoms with van der Waals surface area (Å²) < 4.78 is 5.18. The maximum Gasteiger partial charge on any atom is 0.0713 e. The van der Waals surface area contributed by atoms with Crippen molar-refractivity contribution in [2.75, 3.05) is 7.11 Å². The number of ether oxygens (including phenoxy) is 1. The zero-order chi connectivity index (χ0) is 18.2. The first-order valence-electron chi connectivity index (χ1n) is 10.1. The zero-order valence-corrected chi connectivity index (χ0v) is 16.3. The first-order chi connectivity index (χ1) is 12.8. The summed E-state index contributed by atoms with van der Waals surface area (Å²) in [4.78, 5) is 0. The minimum absolute atomic E-state index is 0.676. The van der Waals surface area contributed by atoms with Crippen molar-refractivity contribution in [2.45, 2.75) is 52.1 Å². The zero-order valence-electron chi connectivity index (χ0n) is 16.3. The maximum absolute atomic E-state index is 5.18. The molecule has 1 aliphatic rings. The Morgan fingerprint density at radius 1 is 0.846 bits per heavy atom. The Morgan fingerprint density at radius 3 is 1.96 bits per heavy atom. The number of aryl methyl sites for hydroxylation is 1. The largest absolute Gasteiger partial charge is 0.380 e. The molecular formula is C25H32O. The van der Waals surface area contributed by atoms with Crippen LogP contribution >= 0.6 is 0 Å². The standard InChI is InChI=1S/C25H32O/c1-3-4-20-5-7-21(8-6-20)9-10-22-11-15-24(16-12-22)25-17-13-23(14-18-25)19-26-2/h3-4,11-18,20-21H,5-10,19H2,1-2H3/b4-3-. The number of rotatable bonds is 7. The molecule has 2 aromatic carbocycles. The predicted octanol–water partition coefficient (Wildman–Crippen LogP) is 6.82. The van der Waals surface area contributed by atoms with Crippen LogP contribution in [0.25, 0.3) is 11.1 Å². The summed E-state index contributed by atoms with van der Waals surface area (Å²) in [6.07, 6.45) is 12.7. The Bertz CT molecular complexity index is 673. The molecule has 2 aromatic rings. The fourth-order valence-electron chi connectivity index (χ4n) is 4.14. The quantitative estimate of drug-likeness (QED) is 0.499. The lowest BCUT2D eigenvalue weighted by molar-refractivity contribution is 0.185. The summed E-state index contributed by atoms with van der Waals surface area (Å²) in [6, 6.07) is 17.8. The highest BCUT2D eigenvalue weighted by Gasteiger charge is 2.19. The highest BCUT2D eigenvalue weighted by atomic mass is 16.5. The fourth-order valence-corrected chi connectivity index (χ4v) is 4.14. The third kappa shape index (κ3) is 5.32. The lowest BCUT2D eigenvalue weighted by Gasteiger charge is -2.26. The Morgan fingerprint density at radius 2 is 1.42 bits per heavy atom. The first kappa shape index (κ1) is 18.9. The lowest BCUT2D eigenvalue weighted by atomic mass is 9.79. The normalized spacial score (nSPS) is 20.5. The van der Waals surface area contributed by atoms with E-state index < -0.39 is 0 Å². The van der Waals surface area contributed by atoms with Crippen LogP contribution in [-0.2, 0) is 17.8 Å². The molecule has 0 bridgehead atoms. The van der Waals surface area contributed by atoms with Crippen molar-refractivity contribution in [1.82, 2.24) is 0 Å². The molecule has 0 amide bonds. The Kier molecular flexibility index (Phi) is 7.08. The van der Waals surface area contributed by atoms with Gasteiger partial charge in [-0.05, 0) is 79.5 Å². The van der Waals surface area contributed by atoms with Crippen LogP contribution in [0.2, 0.25) is 0 Å². The van der Waals surface area contributed by atoms with Crippen molar-refractivity contribution in [3.8, 4) is 11.1 Å². The van der Waals surface area contributed by atoms with E-state index in [2.05, 4.69) is 67.6 Å². The molecule has 26 heavy (non-hydrogen) atoms. The van der Waals surface area contributed by atoms with Gasteiger partial charge in [-0.3, -0.25) is 0 Å². The van der Waals surface area contributed by atoms with E-state index >= 15 is 0 Å². The summed E-state index contributed by atoms with van der Waals surface area (Å²) in [5.41, 5.74) is 5.26. The van der Waals surface area contributed by atoms with Crippen LogP contribution in [0, 0.1) is 11.8 Å². The number of benzene rings is 2. The lowest BCUT2D eigenvalue weighted by Crippen LogP contribution is -2.13. The van der Waals surface area contributed by atoms with Crippen molar-refractivity contribution in [3.05, 3.63) is 71.8 Å². The molecule has 0 unspecified atom stereocenters. The molecular weight excluding hydrogens is 316 g/mol. The van der Waals surface area contributed by atoms with E-state index in [0.717, 1.165) is 11.8 Å². The van der Waals surface area contributed by atoms with Crippen LogP contribution in [0.4, 0.5) is 0 Å². The van der Waals surface area contributed by atoms with Crippen molar-refractivity contribution < 1.29 is 4.74 Å². The molecule has 0 saturated heterocycles. The monoisotopic (exact) mass is 348 g/mol. The molecule has 0 aliphatic heterocycles. The van der Waals surface area contributed by atoms with E-state index in [9.17, 15) is 0 Å². The third-order valence-corrected chi connectivity index (χ3v) is 5.75. The Labute approximate surface area is 159 Å². The molecule has 0 N–H and O–H groups in total. The highest BCUT2D eigenvalue weighted by Crippen LogP contribution is 2.32. The number of hydrogen-bond acceptors (Lipinski definition) is 1. The second kappa shape index (κ2) is 9.73. The van der Waals surface area contributed by atoms with Gasteiger partial charge in [-0.15, -0.1) is 0 Å². The molecule has 1 saturated carbocycles. The molecule has 1 fully saturated rings. The van der Waals surface area contributed by atoms with Gasteiger partial charge in [0, 0.05) is 7.11 Å². The Hall–Kier alpha value is -1.86. The van der Waals surface area contributed by atoms with Gasteiger partial charge in [-0.1, -0.05) is 60.7 Å². The molecule has 0 spiro atoms. The van der Waals surface area contributed by atoms with E-state index in [1.807, 2.05) is 0 Å². The molecule has 1 nitrogen and oxygen atoms in total. The van der Waals surface area contributed by atoms with Gasteiger partial charge < -0.3 is 4.74 Å². The topological polar surface area (TPSA) is 9.23 Å². The average Bonchev–Trinajstić information content (AvgIpc) is 2.69. The molecule has 0 heterocycles. The van der Waals surface area contributed by atoms with Crippen molar-refractivity contribution in [1.29, 1.82) is 0 Å². The molecule has 138 valence electrons. The number of hydrogen-bond donors (Lipinski definition) is 0.